The lowest BCUT2D eigenvalue weighted by Gasteiger charge is -2.38. The maximum Gasteiger partial charge on any atom is 0.196 e. The summed E-state index contributed by atoms with van der Waals surface area (Å²) in [6, 6.07) is 18.7. The zero-order chi connectivity index (χ0) is 15.4. The summed E-state index contributed by atoms with van der Waals surface area (Å²) in [4.78, 5) is 2.14. The molecule has 2 aromatic rings. The lowest BCUT2D eigenvalue weighted by atomic mass is 10.0. The van der Waals surface area contributed by atoms with Crippen molar-refractivity contribution in [1.29, 1.82) is 5.41 Å². The third kappa shape index (κ3) is 3.12. The van der Waals surface area contributed by atoms with Gasteiger partial charge in [0, 0.05) is 25.3 Å². The molecule has 0 bridgehead atoms. The van der Waals surface area contributed by atoms with Crippen LogP contribution in [0, 0.1) is 12.3 Å². The van der Waals surface area contributed by atoms with Crippen LogP contribution in [0.2, 0.25) is 0 Å². The number of hydrogen-bond acceptors (Lipinski definition) is 2. The maximum absolute atomic E-state index is 8.48. The van der Waals surface area contributed by atoms with Gasteiger partial charge in [-0.15, -0.1) is 0 Å². The molecule has 4 nitrogen and oxygen atoms in total. The fraction of sp³-hybridized carbons (Fsp3) is 0.278. The Hall–Kier alpha value is -2.33. The van der Waals surface area contributed by atoms with Gasteiger partial charge < -0.3 is 15.5 Å². The molecule has 1 atom stereocenters. The topological polar surface area (TPSA) is 51.2 Å². The predicted molar refractivity (Wildman–Crippen MR) is 91.3 cm³/mol. The minimum atomic E-state index is 0.193. The Morgan fingerprint density at radius 2 is 1.86 bits per heavy atom. The highest BCUT2D eigenvalue weighted by molar-refractivity contribution is 5.92. The molecular formula is C18H22N4. The van der Waals surface area contributed by atoms with Gasteiger partial charge in [-0.05, 0) is 24.1 Å². The third-order valence-corrected chi connectivity index (χ3v) is 4.11. The number of anilines is 1. The Labute approximate surface area is 131 Å². The van der Waals surface area contributed by atoms with Crippen molar-refractivity contribution in [3.05, 3.63) is 65.7 Å². The number of benzene rings is 2. The molecular weight excluding hydrogens is 272 g/mol. The Morgan fingerprint density at radius 1 is 1.14 bits per heavy atom. The largest absolute Gasteiger partial charge is 0.333 e. The van der Waals surface area contributed by atoms with Crippen LogP contribution in [0.5, 0.6) is 0 Å². The van der Waals surface area contributed by atoms with E-state index in [1.807, 2.05) is 24.3 Å². The van der Waals surface area contributed by atoms with Crippen molar-refractivity contribution in [1.82, 2.24) is 10.2 Å². The summed E-state index contributed by atoms with van der Waals surface area (Å²) in [5.41, 5.74) is 3.39. The van der Waals surface area contributed by atoms with E-state index < -0.39 is 0 Å². The molecule has 114 valence electrons. The highest BCUT2D eigenvalue weighted by atomic mass is 15.3. The summed E-state index contributed by atoms with van der Waals surface area (Å²) >= 11 is 0. The van der Waals surface area contributed by atoms with E-state index >= 15 is 0 Å². The van der Waals surface area contributed by atoms with Crippen LogP contribution < -0.4 is 10.6 Å². The third-order valence-electron chi connectivity index (χ3n) is 4.11. The molecule has 0 radical (unpaired) electrons. The number of piperazine rings is 1. The van der Waals surface area contributed by atoms with Crippen molar-refractivity contribution >= 4 is 11.6 Å². The van der Waals surface area contributed by atoms with E-state index in [9.17, 15) is 0 Å². The highest BCUT2D eigenvalue weighted by Crippen LogP contribution is 2.23. The van der Waals surface area contributed by atoms with Gasteiger partial charge in [0.25, 0.3) is 0 Å². The van der Waals surface area contributed by atoms with Gasteiger partial charge in [-0.25, -0.2) is 0 Å². The summed E-state index contributed by atoms with van der Waals surface area (Å²) in [6.07, 6.45) is 0. The molecule has 0 aromatic heterocycles. The molecule has 0 spiro atoms. The quantitative estimate of drug-likeness (QED) is 0.589. The van der Waals surface area contributed by atoms with E-state index in [0.717, 1.165) is 30.9 Å². The van der Waals surface area contributed by atoms with Gasteiger partial charge in [-0.2, -0.15) is 0 Å². The van der Waals surface area contributed by atoms with E-state index in [0.29, 0.717) is 5.96 Å². The molecule has 3 rings (SSSR count). The maximum atomic E-state index is 8.48. The first kappa shape index (κ1) is 14.6. The Morgan fingerprint density at radius 3 is 2.64 bits per heavy atom. The van der Waals surface area contributed by atoms with Crippen LogP contribution >= 0.6 is 0 Å². The predicted octanol–water partition coefficient (Wildman–Crippen LogP) is 2.99. The van der Waals surface area contributed by atoms with Gasteiger partial charge in [0.1, 0.15) is 0 Å². The summed E-state index contributed by atoms with van der Waals surface area (Å²) in [6.45, 7) is 4.66. The van der Waals surface area contributed by atoms with Crippen molar-refractivity contribution in [3.8, 4) is 0 Å². The second-order valence-electron chi connectivity index (χ2n) is 5.61. The van der Waals surface area contributed by atoms with Crippen LogP contribution in [0.1, 0.15) is 17.2 Å². The van der Waals surface area contributed by atoms with E-state index in [1.54, 1.807) is 0 Å². The molecule has 1 saturated heterocycles. The van der Waals surface area contributed by atoms with Crippen LogP contribution in [0.4, 0.5) is 5.69 Å². The van der Waals surface area contributed by atoms with Crippen molar-refractivity contribution in [3.63, 3.8) is 0 Å². The highest BCUT2D eigenvalue weighted by Gasteiger charge is 2.25. The monoisotopic (exact) mass is 294 g/mol. The minimum absolute atomic E-state index is 0.193. The summed E-state index contributed by atoms with van der Waals surface area (Å²) in [7, 11) is 0. The molecule has 1 aliphatic rings. The average Bonchev–Trinajstić information content (AvgIpc) is 2.58. The Balaban J connectivity index is 1.79. The van der Waals surface area contributed by atoms with Gasteiger partial charge >= 0.3 is 0 Å². The number of guanidine groups is 1. The molecule has 0 aliphatic carbocycles. The van der Waals surface area contributed by atoms with E-state index in [-0.39, 0.29) is 6.04 Å². The fourth-order valence-electron chi connectivity index (χ4n) is 2.86. The van der Waals surface area contributed by atoms with Gasteiger partial charge in [-0.3, -0.25) is 5.41 Å². The number of para-hydroxylation sites is 1. The lowest BCUT2D eigenvalue weighted by Crippen LogP contribution is -2.50. The second kappa shape index (κ2) is 6.62. The molecule has 1 unspecified atom stereocenters. The Bertz CT molecular complexity index is 639. The number of nitrogens with zero attached hydrogens (tertiary/aromatic N) is 1. The Kier molecular flexibility index (Phi) is 4.39. The molecule has 0 amide bonds. The van der Waals surface area contributed by atoms with Crippen molar-refractivity contribution < 1.29 is 0 Å². The number of rotatable bonds is 2. The van der Waals surface area contributed by atoms with Crippen molar-refractivity contribution in [2.75, 3.05) is 25.0 Å². The standard InChI is InChI=1S/C18H22N4/c1-14-7-5-6-10-16(14)21-18(19)22-12-11-20-13-17(22)15-8-3-2-4-9-15/h2-10,17,20H,11-13H2,1H3,(H2,19,21). The second-order valence-corrected chi connectivity index (χ2v) is 5.61. The summed E-state index contributed by atoms with van der Waals surface area (Å²) in [5.74, 6) is 0.463. The first-order valence-electron chi connectivity index (χ1n) is 7.69. The van der Waals surface area contributed by atoms with Gasteiger partial charge in [0.05, 0.1) is 6.04 Å². The molecule has 1 fully saturated rings. The smallest absolute Gasteiger partial charge is 0.196 e. The SMILES string of the molecule is Cc1ccccc1NC(=N)N1CCNCC1c1ccccc1. The number of aryl methyl sites for hydroxylation is 1. The molecule has 2 aromatic carbocycles. The van der Waals surface area contributed by atoms with Crippen molar-refractivity contribution in [2.24, 2.45) is 0 Å². The minimum Gasteiger partial charge on any atom is -0.333 e. The van der Waals surface area contributed by atoms with Gasteiger partial charge in [0.15, 0.2) is 5.96 Å². The number of nitrogens with one attached hydrogen (secondary N) is 3. The zero-order valence-corrected chi connectivity index (χ0v) is 12.8. The summed E-state index contributed by atoms with van der Waals surface area (Å²) < 4.78 is 0. The normalized spacial score (nSPS) is 18.0. The van der Waals surface area contributed by atoms with Crippen LogP contribution in [-0.2, 0) is 0 Å². The molecule has 0 saturated carbocycles. The van der Waals surface area contributed by atoms with Gasteiger partial charge in [0.2, 0.25) is 0 Å². The molecule has 22 heavy (non-hydrogen) atoms. The van der Waals surface area contributed by atoms with Crippen LogP contribution in [0.15, 0.2) is 54.6 Å². The van der Waals surface area contributed by atoms with Crippen molar-refractivity contribution in [2.45, 2.75) is 13.0 Å². The van der Waals surface area contributed by atoms with Crippen LogP contribution in [0.3, 0.4) is 0 Å². The summed E-state index contributed by atoms with van der Waals surface area (Å²) in [5, 5.41) is 15.2. The first-order chi connectivity index (χ1) is 10.8. The van der Waals surface area contributed by atoms with E-state index in [2.05, 4.69) is 52.8 Å². The van der Waals surface area contributed by atoms with Crippen LogP contribution in [0.25, 0.3) is 0 Å². The van der Waals surface area contributed by atoms with E-state index in [1.165, 1.54) is 5.56 Å². The fourth-order valence-corrected chi connectivity index (χ4v) is 2.86. The molecule has 3 N–H and O–H groups in total. The number of hydrogen-bond donors (Lipinski definition) is 3. The zero-order valence-electron chi connectivity index (χ0n) is 12.8. The average molecular weight is 294 g/mol. The van der Waals surface area contributed by atoms with Gasteiger partial charge in [-0.1, -0.05) is 48.5 Å². The first-order valence-corrected chi connectivity index (χ1v) is 7.69. The van der Waals surface area contributed by atoms with E-state index in [4.69, 9.17) is 5.41 Å². The molecule has 1 heterocycles. The lowest BCUT2D eigenvalue weighted by molar-refractivity contribution is 0.259. The van der Waals surface area contributed by atoms with Crippen LogP contribution in [-0.4, -0.2) is 30.5 Å². The molecule has 4 heteroatoms. The molecule has 1 aliphatic heterocycles.